The Morgan fingerprint density at radius 2 is 2.26 bits per heavy atom. The van der Waals surface area contributed by atoms with Crippen molar-refractivity contribution >= 4 is 0 Å². The third-order valence-electron chi connectivity index (χ3n) is 4.79. The average Bonchev–Trinajstić information content (AvgIpc) is 2.81. The van der Waals surface area contributed by atoms with Crippen LogP contribution in [0.4, 0.5) is 0 Å². The van der Waals surface area contributed by atoms with E-state index in [4.69, 9.17) is 5.73 Å². The van der Waals surface area contributed by atoms with E-state index in [2.05, 4.69) is 33.5 Å². The van der Waals surface area contributed by atoms with Crippen LogP contribution in [0.1, 0.15) is 38.9 Å². The average molecular weight is 263 g/mol. The number of rotatable bonds is 2. The zero-order valence-electron chi connectivity index (χ0n) is 12.0. The van der Waals surface area contributed by atoms with Crippen LogP contribution in [-0.4, -0.2) is 38.8 Å². The summed E-state index contributed by atoms with van der Waals surface area (Å²) in [6, 6.07) is 0.368. The van der Waals surface area contributed by atoms with E-state index in [9.17, 15) is 0 Å². The SMILES string of the molecule is CC1(C)CCC(N)C(CN2CCn3cnnc3C2)C1. The van der Waals surface area contributed by atoms with Crippen LogP contribution in [0.15, 0.2) is 6.33 Å². The van der Waals surface area contributed by atoms with E-state index in [1.54, 1.807) is 0 Å². The van der Waals surface area contributed by atoms with Gasteiger partial charge in [0.25, 0.3) is 0 Å². The van der Waals surface area contributed by atoms with Crippen LogP contribution >= 0.6 is 0 Å². The fraction of sp³-hybridized carbons (Fsp3) is 0.857. The molecule has 3 rings (SSSR count). The zero-order chi connectivity index (χ0) is 13.5. The Morgan fingerprint density at radius 3 is 3.11 bits per heavy atom. The Kier molecular flexibility index (Phi) is 3.35. The van der Waals surface area contributed by atoms with E-state index in [-0.39, 0.29) is 0 Å². The number of hydrogen-bond donors (Lipinski definition) is 1. The molecule has 1 aliphatic heterocycles. The van der Waals surface area contributed by atoms with E-state index in [0.717, 1.165) is 32.0 Å². The Labute approximate surface area is 115 Å². The quantitative estimate of drug-likeness (QED) is 0.872. The van der Waals surface area contributed by atoms with E-state index in [1.165, 1.54) is 19.3 Å². The molecule has 106 valence electrons. The molecule has 1 aliphatic carbocycles. The lowest BCUT2D eigenvalue weighted by atomic mass is 9.70. The minimum atomic E-state index is 0.368. The van der Waals surface area contributed by atoms with E-state index in [0.29, 0.717) is 17.4 Å². The largest absolute Gasteiger partial charge is 0.327 e. The molecular formula is C14H25N5. The highest BCUT2D eigenvalue weighted by atomic mass is 15.3. The summed E-state index contributed by atoms with van der Waals surface area (Å²) < 4.78 is 2.15. The summed E-state index contributed by atoms with van der Waals surface area (Å²) in [7, 11) is 0. The van der Waals surface area contributed by atoms with Crippen molar-refractivity contribution in [1.29, 1.82) is 0 Å². The summed E-state index contributed by atoms with van der Waals surface area (Å²) in [4.78, 5) is 2.50. The van der Waals surface area contributed by atoms with Gasteiger partial charge in [0, 0.05) is 25.7 Å². The molecule has 0 aromatic carbocycles. The molecule has 0 radical (unpaired) electrons. The summed E-state index contributed by atoms with van der Waals surface area (Å²) in [5.74, 6) is 1.72. The predicted octanol–water partition coefficient (Wildman–Crippen LogP) is 1.25. The number of nitrogens with two attached hydrogens (primary N) is 1. The lowest BCUT2D eigenvalue weighted by molar-refractivity contribution is 0.101. The highest BCUT2D eigenvalue weighted by molar-refractivity contribution is 4.93. The van der Waals surface area contributed by atoms with Crippen LogP contribution in [-0.2, 0) is 13.1 Å². The van der Waals surface area contributed by atoms with E-state index >= 15 is 0 Å². The molecule has 0 amide bonds. The van der Waals surface area contributed by atoms with Crippen LogP contribution in [0.5, 0.6) is 0 Å². The van der Waals surface area contributed by atoms with E-state index < -0.39 is 0 Å². The third kappa shape index (κ3) is 2.82. The first-order chi connectivity index (χ1) is 9.03. The first kappa shape index (κ1) is 13.1. The first-order valence-electron chi connectivity index (χ1n) is 7.38. The fourth-order valence-corrected chi connectivity index (χ4v) is 3.56. The molecule has 2 aliphatic rings. The molecule has 2 unspecified atom stereocenters. The van der Waals surface area contributed by atoms with Gasteiger partial charge in [-0.1, -0.05) is 13.8 Å². The molecule has 2 atom stereocenters. The standard InChI is InChI=1S/C14H25N5/c1-14(2)4-3-12(15)11(7-14)8-18-5-6-19-10-16-17-13(19)9-18/h10-12H,3-9,15H2,1-2H3. The first-order valence-corrected chi connectivity index (χ1v) is 7.38. The van der Waals surface area contributed by atoms with Crippen molar-refractivity contribution in [2.75, 3.05) is 13.1 Å². The molecule has 5 heteroatoms. The van der Waals surface area contributed by atoms with Crippen molar-refractivity contribution in [3.8, 4) is 0 Å². The van der Waals surface area contributed by atoms with Gasteiger partial charge in [0.2, 0.25) is 0 Å². The molecule has 2 N–H and O–H groups in total. The normalized spacial score (nSPS) is 31.1. The Hall–Kier alpha value is -0.940. The van der Waals surface area contributed by atoms with Crippen LogP contribution in [0.3, 0.4) is 0 Å². The Balaban J connectivity index is 1.62. The van der Waals surface area contributed by atoms with Gasteiger partial charge in [0.15, 0.2) is 0 Å². The molecule has 0 spiro atoms. The molecular weight excluding hydrogens is 238 g/mol. The molecule has 1 aromatic rings. The lowest BCUT2D eigenvalue weighted by Crippen LogP contribution is -2.46. The molecule has 0 saturated heterocycles. The zero-order valence-corrected chi connectivity index (χ0v) is 12.0. The minimum Gasteiger partial charge on any atom is -0.327 e. The summed E-state index contributed by atoms with van der Waals surface area (Å²) in [5, 5.41) is 8.17. The maximum absolute atomic E-state index is 6.33. The number of fused-ring (bicyclic) bond motifs is 1. The van der Waals surface area contributed by atoms with Crippen LogP contribution in [0, 0.1) is 11.3 Å². The van der Waals surface area contributed by atoms with Gasteiger partial charge in [-0.25, -0.2) is 0 Å². The smallest absolute Gasteiger partial charge is 0.147 e. The van der Waals surface area contributed by atoms with Crippen LogP contribution in [0.25, 0.3) is 0 Å². The maximum atomic E-state index is 6.33. The minimum absolute atomic E-state index is 0.368. The van der Waals surface area contributed by atoms with Crippen LogP contribution in [0.2, 0.25) is 0 Å². The fourth-order valence-electron chi connectivity index (χ4n) is 3.56. The van der Waals surface area contributed by atoms with E-state index in [1.807, 2.05) is 6.33 Å². The second kappa shape index (κ2) is 4.87. The highest BCUT2D eigenvalue weighted by Crippen LogP contribution is 2.38. The molecule has 1 saturated carbocycles. The predicted molar refractivity (Wildman–Crippen MR) is 74.4 cm³/mol. The molecule has 19 heavy (non-hydrogen) atoms. The molecule has 0 bridgehead atoms. The maximum Gasteiger partial charge on any atom is 0.147 e. The Morgan fingerprint density at radius 1 is 1.42 bits per heavy atom. The number of aromatic nitrogens is 3. The van der Waals surface area contributed by atoms with Gasteiger partial charge in [-0.05, 0) is 30.6 Å². The van der Waals surface area contributed by atoms with Crippen molar-refractivity contribution < 1.29 is 0 Å². The van der Waals surface area contributed by atoms with Gasteiger partial charge in [0.05, 0.1) is 6.54 Å². The molecule has 2 heterocycles. The second-order valence-corrected chi connectivity index (χ2v) is 7.01. The Bertz CT molecular complexity index is 439. The van der Waals surface area contributed by atoms with Gasteiger partial charge < -0.3 is 10.3 Å². The van der Waals surface area contributed by atoms with Gasteiger partial charge in [-0.2, -0.15) is 0 Å². The summed E-state index contributed by atoms with van der Waals surface area (Å²) in [6.07, 6.45) is 5.51. The van der Waals surface area contributed by atoms with Crippen molar-refractivity contribution in [3.63, 3.8) is 0 Å². The van der Waals surface area contributed by atoms with Crippen molar-refractivity contribution in [3.05, 3.63) is 12.2 Å². The molecule has 5 nitrogen and oxygen atoms in total. The molecule has 1 fully saturated rings. The second-order valence-electron chi connectivity index (χ2n) is 7.01. The van der Waals surface area contributed by atoms with Gasteiger partial charge >= 0.3 is 0 Å². The highest BCUT2D eigenvalue weighted by Gasteiger charge is 2.34. The summed E-state index contributed by atoms with van der Waals surface area (Å²) >= 11 is 0. The lowest BCUT2D eigenvalue weighted by Gasteiger charge is -2.41. The monoisotopic (exact) mass is 263 g/mol. The topological polar surface area (TPSA) is 60.0 Å². The third-order valence-corrected chi connectivity index (χ3v) is 4.79. The number of hydrogen-bond acceptors (Lipinski definition) is 4. The summed E-state index contributed by atoms with van der Waals surface area (Å²) in [6.45, 7) is 8.88. The summed E-state index contributed by atoms with van der Waals surface area (Å²) in [5.41, 5.74) is 6.79. The van der Waals surface area contributed by atoms with Crippen LogP contribution < -0.4 is 5.73 Å². The van der Waals surface area contributed by atoms with Gasteiger partial charge in [-0.15, -0.1) is 10.2 Å². The van der Waals surface area contributed by atoms with Crippen molar-refractivity contribution in [2.24, 2.45) is 17.1 Å². The van der Waals surface area contributed by atoms with Crippen molar-refractivity contribution in [1.82, 2.24) is 19.7 Å². The molecule has 1 aromatic heterocycles. The van der Waals surface area contributed by atoms with Gasteiger partial charge in [0.1, 0.15) is 12.2 Å². The van der Waals surface area contributed by atoms with Gasteiger partial charge in [-0.3, -0.25) is 4.90 Å². The number of nitrogens with zero attached hydrogens (tertiary/aromatic N) is 4. The van der Waals surface area contributed by atoms with Crippen molar-refractivity contribution in [2.45, 2.75) is 52.2 Å².